The van der Waals surface area contributed by atoms with E-state index < -0.39 is 5.91 Å². The third-order valence-electron chi connectivity index (χ3n) is 4.22. The standard InChI is InChI=1S/C18H22N4O3/c1-25-16-4-2-13(3-5-16)11-21-18(24)15(10-19)12-22-8-6-14(7-9-22)17(20)23/h2-5,12,14H,6-9,11H2,1H3,(H2,20,23)(H,21,24)/b15-12+. The van der Waals surface area contributed by atoms with E-state index in [0.29, 0.717) is 32.5 Å². The van der Waals surface area contributed by atoms with Gasteiger partial charge in [-0.1, -0.05) is 12.1 Å². The highest BCUT2D eigenvalue weighted by atomic mass is 16.5. The quantitative estimate of drug-likeness (QED) is 0.590. The van der Waals surface area contributed by atoms with Gasteiger partial charge in [0.2, 0.25) is 5.91 Å². The Kier molecular flexibility index (Phi) is 6.40. The number of rotatable bonds is 6. The molecule has 0 bridgehead atoms. The maximum absolute atomic E-state index is 12.2. The average molecular weight is 342 g/mol. The minimum absolute atomic E-state index is 0.0473. The van der Waals surface area contributed by atoms with Crippen LogP contribution in [0.1, 0.15) is 18.4 Å². The van der Waals surface area contributed by atoms with Crippen LogP contribution < -0.4 is 15.8 Å². The number of nitrogens with one attached hydrogen (secondary N) is 1. The second-order valence-corrected chi connectivity index (χ2v) is 5.90. The van der Waals surface area contributed by atoms with Crippen LogP contribution in [0, 0.1) is 17.2 Å². The van der Waals surface area contributed by atoms with Crippen LogP contribution in [-0.2, 0) is 16.1 Å². The second-order valence-electron chi connectivity index (χ2n) is 5.90. The van der Waals surface area contributed by atoms with Crippen molar-refractivity contribution in [3.8, 4) is 11.8 Å². The fourth-order valence-electron chi connectivity index (χ4n) is 2.65. The maximum Gasteiger partial charge on any atom is 0.263 e. The van der Waals surface area contributed by atoms with Crippen molar-refractivity contribution in [1.82, 2.24) is 10.2 Å². The summed E-state index contributed by atoms with van der Waals surface area (Å²) in [6.07, 6.45) is 2.83. The number of carbonyl (C=O) groups is 2. The molecule has 0 atom stereocenters. The number of piperidine rings is 1. The number of nitrogens with zero attached hydrogens (tertiary/aromatic N) is 2. The van der Waals surface area contributed by atoms with Crippen LogP contribution in [-0.4, -0.2) is 36.9 Å². The number of amides is 2. The van der Waals surface area contributed by atoms with E-state index in [1.54, 1.807) is 13.3 Å². The highest BCUT2D eigenvalue weighted by Gasteiger charge is 2.22. The van der Waals surface area contributed by atoms with Gasteiger partial charge in [0.15, 0.2) is 0 Å². The highest BCUT2D eigenvalue weighted by Crippen LogP contribution is 2.17. The molecule has 0 aliphatic carbocycles. The summed E-state index contributed by atoms with van der Waals surface area (Å²) in [7, 11) is 1.59. The molecule has 2 rings (SSSR count). The van der Waals surface area contributed by atoms with Crippen molar-refractivity contribution < 1.29 is 14.3 Å². The molecular weight excluding hydrogens is 320 g/mol. The Hall–Kier alpha value is -3.01. The summed E-state index contributed by atoms with van der Waals surface area (Å²) in [6.45, 7) is 1.53. The number of primary amides is 1. The molecule has 1 aliphatic rings. The number of nitrogens with two attached hydrogens (primary N) is 1. The summed E-state index contributed by atoms with van der Waals surface area (Å²) in [6, 6.07) is 9.26. The number of likely N-dealkylation sites (tertiary alicyclic amines) is 1. The Morgan fingerprint density at radius 1 is 1.36 bits per heavy atom. The molecule has 132 valence electrons. The van der Waals surface area contributed by atoms with Crippen molar-refractivity contribution in [2.75, 3.05) is 20.2 Å². The molecule has 0 radical (unpaired) electrons. The Bertz CT molecular complexity index is 683. The topological polar surface area (TPSA) is 108 Å². The lowest BCUT2D eigenvalue weighted by Crippen LogP contribution is -2.36. The van der Waals surface area contributed by atoms with Gasteiger partial charge < -0.3 is 20.7 Å². The number of carbonyl (C=O) groups excluding carboxylic acids is 2. The first-order valence-electron chi connectivity index (χ1n) is 8.10. The lowest BCUT2D eigenvalue weighted by Gasteiger charge is -2.29. The number of methoxy groups -OCH3 is 1. The largest absolute Gasteiger partial charge is 0.497 e. The first-order chi connectivity index (χ1) is 12.0. The second kappa shape index (κ2) is 8.73. The van der Waals surface area contributed by atoms with Crippen LogP contribution in [0.3, 0.4) is 0 Å². The van der Waals surface area contributed by atoms with Gasteiger partial charge in [0, 0.05) is 31.8 Å². The van der Waals surface area contributed by atoms with Gasteiger partial charge in [-0.2, -0.15) is 5.26 Å². The maximum atomic E-state index is 12.2. The molecule has 3 N–H and O–H groups in total. The van der Waals surface area contributed by atoms with Crippen molar-refractivity contribution in [2.45, 2.75) is 19.4 Å². The Morgan fingerprint density at radius 2 is 2.00 bits per heavy atom. The van der Waals surface area contributed by atoms with Crippen molar-refractivity contribution in [2.24, 2.45) is 11.7 Å². The number of ether oxygens (including phenoxy) is 1. The number of hydrogen-bond acceptors (Lipinski definition) is 5. The summed E-state index contributed by atoms with van der Waals surface area (Å²) in [5.74, 6) is -0.0946. The van der Waals surface area contributed by atoms with Crippen molar-refractivity contribution in [3.63, 3.8) is 0 Å². The molecule has 1 aromatic rings. The fraction of sp³-hybridized carbons (Fsp3) is 0.389. The van der Waals surface area contributed by atoms with E-state index in [9.17, 15) is 14.9 Å². The normalized spacial score (nSPS) is 15.4. The van der Waals surface area contributed by atoms with Gasteiger partial charge in [0.05, 0.1) is 7.11 Å². The van der Waals surface area contributed by atoms with Crippen molar-refractivity contribution >= 4 is 11.8 Å². The van der Waals surface area contributed by atoms with E-state index in [-0.39, 0.29) is 17.4 Å². The Morgan fingerprint density at radius 3 is 2.52 bits per heavy atom. The zero-order chi connectivity index (χ0) is 18.2. The van der Waals surface area contributed by atoms with E-state index in [1.165, 1.54) is 0 Å². The number of benzene rings is 1. The number of hydrogen-bond donors (Lipinski definition) is 2. The molecule has 7 heteroatoms. The van der Waals surface area contributed by atoms with Crippen LogP contribution in [0.5, 0.6) is 5.75 Å². The van der Waals surface area contributed by atoms with Gasteiger partial charge in [0.1, 0.15) is 17.4 Å². The van der Waals surface area contributed by atoms with Crippen molar-refractivity contribution in [3.05, 3.63) is 41.6 Å². The summed E-state index contributed by atoms with van der Waals surface area (Å²) >= 11 is 0. The minimum atomic E-state index is -0.421. The lowest BCUT2D eigenvalue weighted by atomic mass is 9.96. The number of nitriles is 1. The molecule has 0 spiro atoms. The molecule has 1 aromatic carbocycles. The molecule has 2 amide bonds. The van der Waals surface area contributed by atoms with Crippen LogP contribution in [0.4, 0.5) is 0 Å². The lowest BCUT2D eigenvalue weighted by molar-refractivity contribution is -0.123. The fourth-order valence-corrected chi connectivity index (χ4v) is 2.65. The van der Waals surface area contributed by atoms with Gasteiger partial charge in [0.25, 0.3) is 5.91 Å². The molecule has 0 aromatic heterocycles. The molecule has 1 heterocycles. The van der Waals surface area contributed by atoms with E-state index in [2.05, 4.69) is 5.32 Å². The van der Waals surface area contributed by atoms with E-state index in [1.807, 2.05) is 35.2 Å². The molecule has 25 heavy (non-hydrogen) atoms. The summed E-state index contributed by atoms with van der Waals surface area (Å²) in [5.41, 5.74) is 6.26. The Labute approximate surface area is 147 Å². The molecule has 0 unspecified atom stereocenters. The van der Waals surface area contributed by atoms with Crippen LogP contribution >= 0.6 is 0 Å². The van der Waals surface area contributed by atoms with Gasteiger partial charge in [-0.05, 0) is 30.5 Å². The third-order valence-corrected chi connectivity index (χ3v) is 4.22. The first kappa shape index (κ1) is 18.3. The van der Waals surface area contributed by atoms with E-state index in [4.69, 9.17) is 10.5 Å². The van der Waals surface area contributed by atoms with Crippen LogP contribution in [0.2, 0.25) is 0 Å². The van der Waals surface area contributed by atoms with Gasteiger partial charge in [-0.3, -0.25) is 9.59 Å². The molecule has 1 saturated heterocycles. The highest BCUT2D eigenvalue weighted by molar-refractivity contribution is 5.97. The summed E-state index contributed by atoms with van der Waals surface area (Å²) in [4.78, 5) is 25.2. The van der Waals surface area contributed by atoms with Gasteiger partial charge in [-0.25, -0.2) is 0 Å². The minimum Gasteiger partial charge on any atom is -0.497 e. The molecule has 0 saturated carbocycles. The van der Waals surface area contributed by atoms with Crippen LogP contribution in [0.15, 0.2) is 36.0 Å². The Balaban J connectivity index is 1.89. The molecule has 1 fully saturated rings. The van der Waals surface area contributed by atoms with Gasteiger partial charge in [-0.15, -0.1) is 0 Å². The average Bonchev–Trinajstić information content (AvgIpc) is 2.64. The zero-order valence-electron chi connectivity index (χ0n) is 14.2. The third kappa shape index (κ3) is 5.24. The summed E-state index contributed by atoms with van der Waals surface area (Å²) in [5, 5.41) is 12.0. The predicted molar refractivity (Wildman–Crippen MR) is 92.0 cm³/mol. The predicted octanol–water partition coefficient (Wildman–Crippen LogP) is 0.916. The van der Waals surface area contributed by atoms with E-state index >= 15 is 0 Å². The molecule has 1 aliphatic heterocycles. The van der Waals surface area contributed by atoms with Crippen molar-refractivity contribution in [1.29, 1.82) is 5.26 Å². The molecular formula is C18H22N4O3. The SMILES string of the molecule is COc1ccc(CNC(=O)/C(C#N)=C/N2CCC(C(N)=O)CC2)cc1. The summed E-state index contributed by atoms with van der Waals surface area (Å²) < 4.78 is 5.08. The monoisotopic (exact) mass is 342 g/mol. The van der Waals surface area contributed by atoms with E-state index in [0.717, 1.165) is 11.3 Å². The zero-order valence-corrected chi connectivity index (χ0v) is 14.2. The first-order valence-corrected chi connectivity index (χ1v) is 8.10. The van der Waals surface area contributed by atoms with Crippen LogP contribution in [0.25, 0.3) is 0 Å². The van der Waals surface area contributed by atoms with Gasteiger partial charge >= 0.3 is 0 Å². The smallest absolute Gasteiger partial charge is 0.263 e. The molecule has 7 nitrogen and oxygen atoms in total.